The number of nitrogens with zero attached hydrogens (tertiary/aromatic N) is 3. The van der Waals surface area contributed by atoms with Gasteiger partial charge in [0.15, 0.2) is 0 Å². The lowest BCUT2D eigenvalue weighted by atomic mass is 10.1. The van der Waals surface area contributed by atoms with Gasteiger partial charge in [-0.25, -0.2) is 4.98 Å². The Hall–Kier alpha value is -3.16. The first-order chi connectivity index (χ1) is 13.9. The first kappa shape index (κ1) is 20.6. The average molecular weight is 399 g/mol. The molecule has 1 N–H and O–H groups in total. The van der Waals surface area contributed by atoms with Gasteiger partial charge in [-0.3, -0.25) is 14.4 Å². The number of rotatable bonds is 3. The number of fused-ring (bicyclic) bond motifs is 1. The van der Waals surface area contributed by atoms with E-state index < -0.39 is 6.04 Å². The summed E-state index contributed by atoms with van der Waals surface area (Å²) in [6.45, 7) is 6.41. The lowest BCUT2D eigenvalue weighted by Crippen LogP contribution is -2.61. The zero-order valence-corrected chi connectivity index (χ0v) is 16.8. The number of aromatic nitrogens is 1. The Kier molecular flexibility index (Phi) is 6.00. The van der Waals surface area contributed by atoms with Crippen molar-refractivity contribution in [3.8, 4) is 11.5 Å². The van der Waals surface area contributed by atoms with Gasteiger partial charge in [-0.05, 0) is 45.7 Å². The van der Waals surface area contributed by atoms with Gasteiger partial charge in [-0.15, -0.1) is 0 Å². The molecule has 8 nitrogen and oxygen atoms in total. The summed E-state index contributed by atoms with van der Waals surface area (Å²) >= 11 is 0. The van der Waals surface area contributed by atoms with E-state index in [0.29, 0.717) is 30.4 Å². The monoisotopic (exact) mass is 399 g/mol. The van der Waals surface area contributed by atoms with Crippen molar-refractivity contribution >= 4 is 18.3 Å². The van der Waals surface area contributed by atoms with Gasteiger partial charge < -0.3 is 19.3 Å². The molecule has 0 saturated carbocycles. The fraction of sp³-hybridized carbons (Fsp3) is 0.429. The van der Waals surface area contributed by atoms with E-state index in [1.807, 2.05) is 38.1 Å². The van der Waals surface area contributed by atoms with E-state index in [4.69, 9.17) is 14.3 Å². The normalized spacial score (nSPS) is 20.9. The summed E-state index contributed by atoms with van der Waals surface area (Å²) in [7, 11) is 0. The predicted molar refractivity (Wildman–Crippen MR) is 105 cm³/mol. The van der Waals surface area contributed by atoms with Crippen molar-refractivity contribution in [2.24, 2.45) is 0 Å². The summed E-state index contributed by atoms with van der Waals surface area (Å²) in [5, 5.41) is 6.89. The Morgan fingerprint density at radius 3 is 2.69 bits per heavy atom. The highest BCUT2D eigenvalue weighted by Crippen LogP contribution is 2.29. The van der Waals surface area contributed by atoms with Crippen molar-refractivity contribution in [2.75, 3.05) is 6.54 Å². The van der Waals surface area contributed by atoms with Crippen LogP contribution in [0.2, 0.25) is 0 Å². The molecule has 0 radical (unpaired) electrons. The number of aryl methyl sites for hydroxylation is 2. The third-order valence-corrected chi connectivity index (χ3v) is 5.41. The second-order valence-corrected chi connectivity index (χ2v) is 7.33. The minimum absolute atomic E-state index is 0.0223. The molecule has 0 unspecified atom stereocenters. The fourth-order valence-corrected chi connectivity index (χ4v) is 3.90. The van der Waals surface area contributed by atoms with Gasteiger partial charge in [0.25, 0.3) is 6.47 Å². The number of hydrogen-bond donors (Lipinski definition) is 1. The molecule has 8 heteroatoms. The molecule has 0 aliphatic carbocycles. The lowest BCUT2D eigenvalue weighted by molar-refractivity contribution is -0.159. The molecule has 2 saturated heterocycles. The average Bonchev–Trinajstić information content (AvgIpc) is 3.31. The summed E-state index contributed by atoms with van der Waals surface area (Å²) in [4.78, 5) is 41.8. The Labute approximate surface area is 169 Å². The van der Waals surface area contributed by atoms with E-state index in [0.717, 1.165) is 24.0 Å². The van der Waals surface area contributed by atoms with Crippen molar-refractivity contribution in [3.63, 3.8) is 0 Å². The van der Waals surface area contributed by atoms with Crippen LogP contribution in [-0.2, 0) is 20.9 Å². The first-order valence-electron chi connectivity index (χ1n) is 9.59. The van der Waals surface area contributed by atoms with Crippen LogP contribution in [0.4, 0.5) is 0 Å². The Morgan fingerprint density at radius 1 is 1.28 bits per heavy atom. The quantitative estimate of drug-likeness (QED) is 0.795. The number of amides is 2. The van der Waals surface area contributed by atoms with Crippen LogP contribution in [0, 0.1) is 13.8 Å². The maximum Gasteiger partial charge on any atom is 0.290 e. The highest BCUT2D eigenvalue weighted by atomic mass is 16.4. The predicted octanol–water partition coefficient (Wildman–Crippen LogP) is 2.38. The topological polar surface area (TPSA) is 104 Å². The van der Waals surface area contributed by atoms with Crippen LogP contribution >= 0.6 is 0 Å². The zero-order valence-electron chi connectivity index (χ0n) is 16.8. The third-order valence-electron chi connectivity index (χ3n) is 5.41. The zero-order chi connectivity index (χ0) is 21.1. The summed E-state index contributed by atoms with van der Waals surface area (Å²) in [5.74, 6) is 1.29. The minimum Gasteiger partial charge on any atom is -0.483 e. The highest BCUT2D eigenvalue weighted by Gasteiger charge is 2.46. The molecule has 0 spiro atoms. The maximum atomic E-state index is 12.9. The van der Waals surface area contributed by atoms with Crippen molar-refractivity contribution in [2.45, 2.75) is 52.2 Å². The molecule has 2 fully saturated rings. The van der Waals surface area contributed by atoms with E-state index >= 15 is 0 Å². The molecule has 154 valence electrons. The maximum absolute atomic E-state index is 12.9. The van der Waals surface area contributed by atoms with E-state index in [9.17, 15) is 9.59 Å². The Bertz CT molecular complexity index is 923. The van der Waals surface area contributed by atoms with Crippen LogP contribution in [0.1, 0.15) is 36.8 Å². The van der Waals surface area contributed by atoms with Gasteiger partial charge in [-0.2, -0.15) is 0 Å². The second-order valence-electron chi connectivity index (χ2n) is 7.33. The van der Waals surface area contributed by atoms with Gasteiger partial charge >= 0.3 is 0 Å². The van der Waals surface area contributed by atoms with E-state index in [1.165, 1.54) is 0 Å². The van der Waals surface area contributed by atoms with E-state index in [-0.39, 0.29) is 24.3 Å². The van der Waals surface area contributed by atoms with Gasteiger partial charge in [0, 0.05) is 12.1 Å². The third kappa shape index (κ3) is 4.01. The number of carboxylic acid groups (broad SMARTS) is 1. The van der Waals surface area contributed by atoms with Gasteiger partial charge in [0.05, 0.1) is 6.54 Å². The molecular weight excluding hydrogens is 374 g/mol. The van der Waals surface area contributed by atoms with Crippen LogP contribution in [0.5, 0.6) is 0 Å². The molecule has 1 aromatic carbocycles. The molecule has 29 heavy (non-hydrogen) atoms. The smallest absolute Gasteiger partial charge is 0.290 e. The number of hydrogen-bond acceptors (Lipinski definition) is 5. The van der Waals surface area contributed by atoms with Crippen molar-refractivity contribution in [1.29, 1.82) is 0 Å². The summed E-state index contributed by atoms with van der Waals surface area (Å²) in [6, 6.07) is 7.19. The number of oxazole rings is 1. The van der Waals surface area contributed by atoms with Crippen LogP contribution < -0.4 is 0 Å². The standard InChI is InChI=1S/C20H23N3O3.CH2O2/c1-12-6-4-7-15(10-12)18-21-16(14(3)26-18)11-23-13(2)19(24)22-9-5-8-17(22)20(23)25;2-1-3/h4,6-7,10,13,17H,5,8-9,11H2,1-3H3;1H,(H,2,3)/t13-,17+;/m0./s1. The highest BCUT2D eigenvalue weighted by molar-refractivity contribution is 5.97. The molecular formula is C21H25N3O5. The molecule has 2 aliphatic heterocycles. The molecule has 1 aromatic heterocycles. The minimum atomic E-state index is -0.463. The van der Waals surface area contributed by atoms with E-state index in [2.05, 4.69) is 4.98 Å². The molecule has 2 aliphatic rings. The first-order valence-corrected chi connectivity index (χ1v) is 9.59. The Balaban J connectivity index is 0.000000755. The van der Waals surface area contributed by atoms with Gasteiger partial charge in [-0.1, -0.05) is 17.7 Å². The largest absolute Gasteiger partial charge is 0.483 e. The fourth-order valence-electron chi connectivity index (χ4n) is 3.90. The van der Waals surface area contributed by atoms with Crippen molar-refractivity contribution in [1.82, 2.24) is 14.8 Å². The van der Waals surface area contributed by atoms with Crippen LogP contribution in [0.3, 0.4) is 0 Å². The van der Waals surface area contributed by atoms with E-state index in [1.54, 1.807) is 16.7 Å². The number of carbonyl (C=O) groups is 3. The van der Waals surface area contributed by atoms with Crippen molar-refractivity contribution < 1.29 is 23.9 Å². The van der Waals surface area contributed by atoms with Crippen LogP contribution in [-0.4, -0.2) is 56.8 Å². The van der Waals surface area contributed by atoms with Crippen LogP contribution in [0.15, 0.2) is 28.7 Å². The summed E-state index contributed by atoms with van der Waals surface area (Å²) in [5.41, 5.74) is 2.75. The summed E-state index contributed by atoms with van der Waals surface area (Å²) in [6.07, 6.45) is 1.64. The van der Waals surface area contributed by atoms with Gasteiger partial charge in [0.1, 0.15) is 23.5 Å². The second kappa shape index (κ2) is 8.46. The lowest BCUT2D eigenvalue weighted by Gasteiger charge is -2.40. The number of benzene rings is 1. The molecule has 0 bridgehead atoms. The van der Waals surface area contributed by atoms with Crippen LogP contribution in [0.25, 0.3) is 11.5 Å². The summed E-state index contributed by atoms with van der Waals surface area (Å²) < 4.78 is 5.84. The molecule has 2 atom stereocenters. The number of piperazine rings is 1. The molecule has 2 aromatic rings. The SMILES string of the molecule is Cc1cccc(-c2nc(CN3C(=O)[C@H]4CCCN4C(=O)[C@@H]3C)c(C)o2)c1.O=CO. The van der Waals surface area contributed by atoms with Crippen molar-refractivity contribution in [3.05, 3.63) is 41.3 Å². The molecule has 2 amide bonds. The number of carbonyl (C=O) groups excluding carboxylic acids is 2. The van der Waals surface area contributed by atoms with Gasteiger partial charge in [0.2, 0.25) is 17.7 Å². The Morgan fingerprint density at radius 2 is 2.00 bits per heavy atom. The molecule has 3 heterocycles. The molecule has 4 rings (SSSR count).